The van der Waals surface area contributed by atoms with Gasteiger partial charge in [-0.1, -0.05) is 19.9 Å². The summed E-state index contributed by atoms with van der Waals surface area (Å²) in [7, 11) is 0. The van der Waals surface area contributed by atoms with E-state index >= 15 is 0 Å². The number of halogens is 2. The Hall–Kier alpha value is -0.360. The first-order chi connectivity index (χ1) is 9.54. The molecule has 2 nitrogen and oxygen atoms in total. The van der Waals surface area contributed by atoms with E-state index in [2.05, 4.69) is 69.2 Å². The van der Waals surface area contributed by atoms with Crippen LogP contribution in [-0.4, -0.2) is 6.04 Å². The second-order valence-electron chi connectivity index (χ2n) is 4.79. The lowest BCUT2D eigenvalue weighted by atomic mass is 10.2. The predicted octanol–water partition coefficient (Wildman–Crippen LogP) is 5.35. The van der Waals surface area contributed by atoms with Crippen molar-refractivity contribution in [3.05, 3.63) is 49.0 Å². The van der Waals surface area contributed by atoms with Crippen LogP contribution < -0.4 is 10.1 Å². The van der Waals surface area contributed by atoms with Gasteiger partial charge in [-0.3, -0.25) is 0 Å². The molecule has 1 N–H and O–H groups in total. The molecule has 0 unspecified atom stereocenters. The van der Waals surface area contributed by atoms with Crippen molar-refractivity contribution in [3.63, 3.8) is 0 Å². The normalized spacial score (nSPS) is 11.1. The van der Waals surface area contributed by atoms with Crippen LogP contribution in [0.15, 0.2) is 38.6 Å². The van der Waals surface area contributed by atoms with Crippen LogP contribution in [-0.2, 0) is 13.2 Å². The van der Waals surface area contributed by atoms with Crippen molar-refractivity contribution < 1.29 is 4.74 Å². The SMILES string of the molecule is CC(C)NCc1ccc(OCc2ccc(Br)s2)c(Br)c1. The first kappa shape index (κ1) is 16.0. The lowest BCUT2D eigenvalue weighted by Gasteiger charge is -2.11. The largest absolute Gasteiger partial charge is 0.487 e. The lowest BCUT2D eigenvalue weighted by Crippen LogP contribution is -2.21. The topological polar surface area (TPSA) is 21.3 Å². The molecule has 0 aliphatic carbocycles. The molecule has 20 heavy (non-hydrogen) atoms. The van der Waals surface area contributed by atoms with Crippen molar-refractivity contribution in [2.45, 2.75) is 33.0 Å². The summed E-state index contributed by atoms with van der Waals surface area (Å²) in [6.45, 7) is 5.75. The molecule has 2 aromatic rings. The van der Waals surface area contributed by atoms with Gasteiger partial charge in [-0.05, 0) is 61.7 Å². The van der Waals surface area contributed by atoms with Crippen molar-refractivity contribution in [3.8, 4) is 5.75 Å². The molecule has 0 radical (unpaired) electrons. The zero-order valence-corrected chi connectivity index (χ0v) is 15.4. The summed E-state index contributed by atoms with van der Waals surface area (Å²) in [5.41, 5.74) is 1.25. The molecule has 0 bridgehead atoms. The molecule has 108 valence electrons. The quantitative estimate of drug-likeness (QED) is 0.682. The molecule has 1 heterocycles. The lowest BCUT2D eigenvalue weighted by molar-refractivity contribution is 0.307. The van der Waals surface area contributed by atoms with Crippen LogP contribution in [0.5, 0.6) is 5.75 Å². The number of ether oxygens (including phenoxy) is 1. The number of thiophene rings is 1. The fourth-order valence-electron chi connectivity index (χ4n) is 1.67. The van der Waals surface area contributed by atoms with Crippen LogP contribution >= 0.6 is 43.2 Å². The number of hydrogen-bond donors (Lipinski definition) is 1. The highest BCUT2D eigenvalue weighted by molar-refractivity contribution is 9.11. The summed E-state index contributed by atoms with van der Waals surface area (Å²) < 4.78 is 7.97. The van der Waals surface area contributed by atoms with Gasteiger partial charge in [0.05, 0.1) is 8.26 Å². The van der Waals surface area contributed by atoms with Gasteiger partial charge in [0.15, 0.2) is 0 Å². The van der Waals surface area contributed by atoms with Gasteiger partial charge in [-0.15, -0.1) is 11.3 Å². The molecular formula is C15H17Br2NOS. The van der Waals surface area contributed by atoms with Gasteiger partial charge < -0.3 is 10.1 Å². The number of benzene rings is 1. The minimum Gasteiger partial charge on any atom is -0.487 e. The second kappa shape index (κ2) is 7.59. The van der Waals surface area contributed by atoms with E-state index in [4.69, 9.17) is 4.74 Å². The van der Waals surface area contributed by atoms with E-state index in [9.17, 15) is 0 Å². The molecule has 2 rings (SSSR count). The van der Waals surface area contributed by atoms with Gasteiger partial charge in [0.25, 0.3) is 0 Å². The highest BCUT2D eigenvalue weighted by Gasteiger charge is 2.05. The third-order valence-electron chi connectivity index (χ3n) is 2.71. The van der Waals surface area contributed by atoms with Gasteiger partial charge in [0, 0.05) is 17.5 Å². The monoisotopic (exact) mass is 417 g/mol. The van der Waals surface area contributed by atoms with Gasteiger partial charge in [0.2, 0.25) is 0 Å². The Morgan fingerprint density at radius 2 is 2.00 bits per heavy atom. The van der Waals surface area contributed by atoms with Crippen molar-refractivity contribution in [2.24, 2.45) is 0 Å². The minimum absolute atomic E-state index is 0.488. The van der Waals surface area contributed by atoms with E-state index in [1.54, 1.807) is 11.3 Å². The molecule has 0 aliphatic heterocycles. The average Bonchev–Trinajstić information content (AvgIpc) is 2.81. The summed E-state index contributed by atoms with van der Waals surface area (Å²) in [5.74, 6) is 0.878. The highest BCUT2D eigenvalue weighted by atomic mass is 79.9. The Kier molecular flexibility index (Phi) is 6.08. The number of hydrogen-bond acceptors (Lipinski definition) is 3. The molecule has 1 aromatic heterocycles. The van der Waals surface area contributed by atoms with Crippen LogP contribution in [0.2, 0.25) is 0 Å². The molecule has 0 saturated carbocycles. The van der Waals surface area contributed by atoms with Gasteiger partial charge in [-0.25, -0.2) is 0 Å². The van der Waals surface area contributed by atoms with Crippen LogP contribution in [0.3, 0.4) is 0 Å². The molecule has 1 aromatic carbocycles. The standard InChI is InChI=1S/C15H17Br2NOS/c1-10(2)18-8-11-3-5-14(13(16)7-11)19-9-12-4-6-15(17)20-12/h3-7,10,18H,8-9H2,1-2H3. The van der Waals surface area contributed by atoms with Crippen molar-refractivity contribution >= 4 is 43.2 Å². The summed E-state index contributed by atoms with van der Waals surface area (Å²) in [6.07, 6.45) is 0. The van der Waals surface area contributed by atoms with E-state index in [-0.39, 0.29) is 0 Å². The van der Waals surface area contributed by atoms with E-state index in [1.807, 2.05) is 12.1 Å². The van der Waals surface area contributed by atoms with E-state index in [1.165, 1.54) is 10.4 Å². The number of rotatable bonds is 6. The Labute approximate surface area is 140 Å². The highest BCUT2D eigenvalue weighted by Crippen LogP contribution is 2.28. The third kappa shape index (κ3) is 4.88. The Morgan fingerprint density at radius 3 is 2.60 bits per heavy atom. The zero-order valence-electron chi connectivity index (χ0n) is 11.5. The molecule has 0 spiro atoms. The van der Waals surface area contributed by atoms with Crippen molar-refractivity contribution in [2.75, 3.05) is 0 Å². The second-order valence-corrected chi connectivity index (χ2v) is 8.20. The minimum atomic E-state index is 0.488. The first-order valence-corrected chi connectivity index (χ1v) is 8.83. The summed E-state index contributed by atoms with van der Waals surface area (Å²) in [5, 5.41) is 3.40. The van der Waals surface area contributed by atoms with Gasteiger partial charge >= 0.3 is 0 Å². The Bertz CT molecular complexity index is 569. The van der Waals surface area contributed by atoms with E-state index in [0.29, 0.717) is 12.6 Å². The molecule has 0 fully saturated rings. The van der Waals surface area contributed by atoms with Crippen LogP contribution in [0, 0.1) is 0 Å². The molecule has 0 amide bonds. The summed E-state index contributed by atoms with van der Waals surface area (Å²) >= 11 is 8.73. The van der Waals surface area contributed by atoms with Gasteiger partial charge in [-0.2, -0.15) is 0 Å². The summed E-state index contributed by atoms with van der Waals surface area (Å²) in [4.78, 5) is 1.20. The van der Waals surface area contributed by atoms with Crippen LogP contribution in [0.1, 0.15) is 24.3 Å². The third-order valence-corrected chi connectivity index (χ3v) is 4.93. The molecule has 0 atom stereocenters. The van der Waals surface area contributed by atoms with Crippen LogP contribution in [0.25, 0.3) is 0 Å². The van der Waals surface area contributed by atoms with Crippen LogP contribution in [0.4, 0.5) is 0 Å². The van der Waals surface area contributed by atoms with E-state index in [0.717, 1.165) is 20.6 Å². The zero-order chi connectivity index (χ0) is 14.5. The van der Waals surface area contributed by atoms with Crippen molar-refractivity contribution in [1.29, 1.82) is 0 Å². The van der Waals surface area contributed by atoms with Crippen molar-refractivity contribution in [1.82, 2.24) is 5.32 Å². The molecular weight excluding hydrogens is 402 g/mol. The Morgan fingerprint density at radius 1 is 1.20 bits per heavy atom. The number of nitrogens with one attached hydrogen (secondary N) is 1. The fraction of sp³-hybridized carbons (Fsp3) is 0.333. The maximum Gasteiger partial charge on any atom is 0.134 e. The average molecular weight is 419 g/mol. The maximum atomic E-state index is 5.84. The first-order valence-electron chi connectivity index (χ1n) is 6.43. The van der Waals surface area contributed by atoms with Gasteiger partial charge in [0.1, 0.15) is 12.4 Å². The van der Waals surface area contributed by atoms with E-state index < -0.39 is 0 Å². The fourth-order valence-corrected chi connectivity index (χ4v) is 3.61. The maximum absolute atomic E-state index is 5.84. The summed E-state index contributed by atoms with van der Waals surface area (Å²) in [6, 6.07) is 10.8. The predicted molar refractivity (Wildman–Crippen MR) is 92.5 cm³/mol. The molecule has 0 saturated heterocycles. The Balaban J connectivity index is 1.95. The molecule has 0 aliphatic rings. The smallest absolute Gasteiger partial charge is 0.134 e. The molecule has 5 heteroatoms.